The lowest BCUT2D eigenvalue weighted by atomic mass is 10.1. The molecule has 0 spiro atoms. The fourth-order valence-electron chi connectivity index (χ4n) is 2.12. The van der Waals surface area contributed by atoms with E-state index in [0.717, 1.165) is 12.0 Å². The zero-order valence-corrected chi connectivity index (χ0v) is 15.0. The average Bonchev–Trinajstić information content (AvgIpc) is 2.63. The zero-order chi connectivity index (χ0) is 17.9. The lowest BCUT2D eigenvalue weighted by Gasteiger charge is -2.15. The maximum Gasteiger partial charge on any atom is 0.310 e. The van der Waals surface area contributed by atoms with E-state index in [1.54, 1.807) is 28.2 Å². The van der Waals surface area contributed by atoms with E-state index in [0.29, 0.717) is 30.5 Å². The fraction of sp³-hybridized carbons (Fsp3) is 0.529. The van der Waals surface area contributed by atoms with Crippen LogP contribution in [0.5, 0.6) is 11.5 Å². The van der Waals surface area contributed by atoms with E-state index in [-0.39, 0.29) is 11.9 Å². The summed E-state index contributed by atoms with van der Waals surface area (Å²) in [5.74, 6) is 1.59. The molecule has 0 saturated heterocycles. The second-order valence-electron chi connectivity index (χ2n) is 5.24. The molecule has 1 aromatic carbocycles. The minimum Gasteiger partial charge on any atom is -0.493 e. The van der Waals surface area contributed by atoms with Crippen molar-refractivity contribution in [1.82, 2.24) is 10.6 Å². The molecule has 1 rings (SSSR count). The maximum absolute atomic E-state index is 11.4. The van der Waals surface area contributed by atoms with Crippen molar-refractivity contribution in [3.05, 3.63) is 23.8 Å². The standard InChI is InChI=1S/C17H27N3O4/c1-12(16(21)24-5)11-20-17(18-2)19-9-8-13-6-7-14(22-3)15(10-13)23-4/h6-7,10,12H,8-9,11H2,1-5H3,(H2,18,19,20). The molecule has 0 aliphatic carbocycles. The number of aliphatic imine (C=N–C) groups is 1. The Labute approximate surface area is 143 Å². The van der Waals surface area contributed by atoms with Crippen molar-refractivity contribution in [1.29, 1.82) is 0 Å². The third-order valence-electron chi connectivity index (χ3n) is 3.56. The molecule has 1 atom stereocenters. The van der Waals surface area contributed by atoms with E-state index in [2.05, 4.69) is 15.6 Å². The second-order valence-corrected chi connectivity index (χ2v) is 5.24. The van der Waals surface area contributed by atoms with Crippen molar-refractivity contribution >= 4 is 11.9 Å². The average molecular weight is 337 g/mol. The van der Waals surface area contributed by atoms with Crippen LogP contribution in [0, 0.1) is 5.92 Å². The number of rotatable bonds is 8. The van der Waals surface area contributed by atoms with Gasteiger partial charge in [0.15, 0.2) is 17.5 Å². The van der Waals surface area contributed by atoms with Gasteiger partial charge in [-0.25, -0.2) is 0 Å². The number of guanidine groups is 1. The number of carbonyl (C=O) groups excluding carboxylic acids is 1. The Morgan fingerprint density at radius 3 is 2.46 bits per heavy atom. The predicted octanol–water partition coefficient (Wildman–Crippen LogP) is 1.22. The van der Waals surface area contributed by atoms with Crippen LogP contribution in [0.25, 0.3) is 0 Å². The number of nitrogens with zero attached hydrogens (tertiary/aromatic N) is 1. The first-order chi connectivity index (χ1) is 11.5. The van der Waals surface area contributed by atoms with Crippen LogP contribution in [0.15, 0.2) is 23.2 Å². The van der Waals surface area contributed by atoms with Gasteiger partial charge in [-0.15, -0.1) is 0 Å². The molecule has 24 heavy (non-hydrogen) atoms. The Bertz CT molecular complexity index is 561. The van der Waals surface area contributed by atoms with Gasteiger partial charge in [-0.2, -0.15) is 0 Å². The van der Waals surface area contributed by atoms with E-state index in [1.165, 1.54) is 7.11 Å². The molecular weight excluding hydrogens is 310 g/mol. The quantitative estimate of drug-likeness (QED) is 0.422. The van der Waals surface area contributed by atoms with E-state index < -0.39 is 0 Å². The van der Waals surface area contributed by atoms with Crippen molar-refractivity contribution in [3.63, 3.8) is 0 Å². The van der Waals surface area contributed by atoms with Gasteiger partial charge in [0.25, 0.3) is 0 Å². The molecule has 0 fully saturated rings. The van der Waals surface area contributed by atoms with Gasteiger partial charge < -0.3 is 24.8 Å². The van der Waals surface area contributed by atoms with Crippen molar-refractivity contribution in [2.24, 2.45) is 10.9 Å². The molecule has 1 aromatic rings. The smallest absolute Gasteiger partial charge is 0.310 e. The zero-order valence-electron chi connectivity index (χ0n) is 15.0. The number of hydrogen-bond donors (Lipinski definition) is 2. The number of nitrogens with one attached hydrogen (secondary N) is 2. The summed E-state index contributed by atoms with van der Waals surface area (Å²) in [5.41, 5.74) is 1.12. The summed E-state index contributed by atoms with van der Waals surface area (Å²) in [6, 6.07) is 5.84. The Morgan fingerprint density at radius 1 is 1.17 bits per heavy atom. The van der Waals surface area contributed by atoms with Crippen molar-refractivity contribution in [2.45, 2.75) is 13.3 Å². The Kier molecular flexibility index (Phi) is 8.46. The summed E-state index contributed by atoms with van der Waals surface area (Å²) in [6.07, 6.45) is 0.799. The SMILES string of the molecule is CN=C(NCCc1ccc(OC)c(OC)c1)NCC(C)C(=O)OC. The molecule has 0 aliphatic rings. The Hall–Kier alpha value is -2.44. The second kappa shape index (κ2) is 10.4. The molecule has 0 amide bonds. The van der Waals surface area contributed by atoms with Crippen LogP contribution in [0.1, 0.15) is 12.5 Å². The van der Waals surface area contributed by atoms with Crippen molar-refractivity contribution in [3.8, 4) is 11.5 Å². The van der Waals surface area contributed by atoms with Crippen LogP contribution in [-0.4, -0.2) is 53.4 Å². The lowest BCUT2D eigenvalue weighted by molar-refractivity contribution is -0.144. The third-order valence-corrected chi connectivity index (χ3v) is 3.56. The summed E-state index contributed by atoms with van der Waals surface area (Å²) in [4.78, 5) is 15.5. The monoisotopic (exact) mass is 337 g/mol. The molecule has 7 heteroatoms. The highest BCUT2D eigenvalue weighted by molar-refractivity contribution is 5.80. The molecule has 0 saturated carbocycles. The summed E-state index contributed by atoms with van der Waals surface area (Å²) in [5, 5.41) is 6.32. The van der Waals surface area contributed by atoms with Gasteiger partial charge in [0, 0.05) is 20.1 Å². The van der Waals surface area contributed by atoms with Crippen molar-refractivity contribution < 1.29 is 19.0 Å². The normalized spacial score (nSPS) is 12.3. The minimum atomic E-state index is -0.247. The van der Waals surface area contributed by atoms with Crippen LogP contribution in [0.2, 0.25) is 0 Å². The number of ether oxygens (including phenoxy) is 3. The fourth-order valence-corrected chi connectivity index (χ4v) is 2.12. The van der Waals surface area contributed by atoms with E-state index in [1.807, 2.05) is 18.2 Å². The molecular formula is C17H27N3O4. The first-order valence-corrected chi connectivity index (χ1v) is 7.79. The topological polar surface area (TPSA) is 81.2 Å². The highest BCUT2D eigenvalue weighted by atomic mass is 16.5. The van der Waals surface area contributed by atoms with Gasteiger partial charge >= 0.3 is 5.97 Å². The number of methoxy groups -OCH3 is 3. The number of hydrogen-bond acceptors (Lipinski definition) is 5. The number of esters is 1. The van der Waals surface area contributed by atoms with Crippen molar-refractivity contribution in [2.75, 3.05) is 41.5 Å². The van der Waals surface area contributed by atoms with E-state index in [4.69, 9.17) is 14.2 Å². The molecule has 0 aliphatic heterocycles. The maximum atomic E-state index is 11.4. The number of carbonyl (C=O) groups is 1. The summed E-state index contributed by atoms with van der Waals surface area (Å²) in [6.45, 7) is 2.96. The van der Waals surface area contributed by atoms with E-state index in [9.17, 15) is 4.79 Å². The molecule has 0 radical (unpaired) electrons. The summed E-state index contributed by atoms with van der Waals surface area (Å²) in [7, 11) is 6.31. The number of benzene rings is 1. The van der Waals surface area contributed by atoms with Crippen LogP contribution >= 0.6 is 0 Å². The summed E-state index contributed by atoms with van der Waals surface area (Å²) >= 11 is 0. The van der Waals surface area contributed by atoms with Gasteiger partial charge in [0.1, 0.15) is 0 Å². The predicted molar refractivity (Wildman–Crippen MR) is 93.8 cm³/mol. The lowest BCUT2D eigenvalue weighted by Crippen LogP contribution is -2.41. The molecule has 1 unspecified atom stereocenters. The van der Waals surface area contributed by atoms with Gasteiger partial charge in [0.2, 0.25) is 0 Å². The highest BCUT2D eigenvalue weighted by Gasteiger charge is 2.13. The van der Waals surface area contributed by atoms with Crippen LogP contribution < -0.4 is 20.1 Å². The minimum absolute atomic E-state index is 0.237. The molecule has 0 bridgehead atoms. The molecule has 2 N–H and O–H groups in total. The van der Waals surface area contributed by atoms with Crippen LogP contribution in [0.3, 0.4) is 0 Å². The molecule has 0 heterocycles. The van der Waals surface area contributed by atoms with Gasteiger partial charge in [-0.05, 0) is 24.1 Å². The first-order valence-electron chi connectivity index (χ1n) is 7.79. The molecule has 7 nitrogen and oxygen atoms in total. The Morgan fingerprint density at radius 2 is 1.88 bits per heavy atom. The van der Waals surface area contributed by atoms with E-state index >= 15 is 0 Å². The molecule has 134 valence electrons. The Balaban J connectivity index is 2.46. The van der Waals surface area contributed by atoms with Gasteiger partial charge in [-0.3, -0.25) is 9.79 Å². The third kappa shape index (κ3) is 5.98. The van der Waals surface area contributed by atoms with Crippen LogP contribution in [-0.2, 0) is 16.0 Å². The molecule has 0 aromatic heterocycles. The van der Waals surface area contributed by atoms with Gasteiger partial charge in [0.05, 0.1) is 27.2 Å². The van der Waals surface area contributed by atoms with Gasteiger partial charge in [-0.1, -0.05) is 13.0 Å². The first kappa shape index (κ1) is 19.6. The highest BCUT2D eigenvalue weighted by Crippen LogP contribution is 2.27. The van der Waals surface area contributed by atoms with Crippen LogP contribution in [0.4, 0.5) is 0 Å². The largest absolute Gasteiger partial charge is 0.493 e. The summed E-state index contributed by atoms with van der Waals surface area (Å²) < 4.78 is 15.2.